The van der Waals surface area contributed by atoms with E-state index in [1.165, 1.54) is 44.1 Å². The lowest BCUT2D eigenvalue weighted by molar-refractivity contribution is -0.0269. The van der Waals surface area contributed by atoms with Crippen LogP contribution >= 0.6 is 0 Å². The minimum Gasteiger partial charge on any atom is -0.456 e. The van der Waals surface area contributed by atoms with Gasteiger partial charge in [0.1, 0.15) is 5.60 Å². The van der Waals surface area contributed by atoms with E-state index in [-0.39, 0.29) is 11.6 Å². The SMILES string of the molecule is CC1(OC(=O)c2ccc(C3CC4CC3C3C5C=CC(C5)C43)cc2)CCCCC1. The number of allylic oxidation sites excluding steroid dienone is 2. The normalized spacial score (nSPS) is 42.0. The van der Waals surface area contributed by atoms with Crippen molar-refractivity contribution in [2.45, 2.75) is 69.8 Å². The number of carbonyl (C=O) groups is 1. The van der Waals surface area contributed by atoms with E-state index in [4.69, 9.17) is 4.74 Å². The third-order valence-electron chi connectivity index (χ3n) is 9.10. The van der Waals surface area contributed by atoms with E-state index in [0.29, 0.717) is 5.92 Å². The molecule has 7 atom stereocenters. The van der Waals surface area contributed by atoms with Gasteiger partial charge >= 0.3 is 5.97 Å². The van der Waals surface area contributed by atoms with Gasteiger partial charge in [0.15, 0.2) is 0 Å². The van der Waals surface area contributed by atoms with E-state index in [1.807, 2.05) is 12.1 Å². The average molecular weight is 377 g/mol. The van der Waals surface area contributed by atoms with Crippen LogP contribution in [0.2, 0.25) is 0 Å². The van der Waals surface area contributed by atoms with Crippen molar-refractivity contribution in [2.24, 2.45) is 35.5 Å². The van der Waals surface area contributed by atoms with Gasteiger partial charge in [0.25, 0.3) is 0 Å². The third-order valence-corrected chi connectivity index (χ3v) is 9.10. The lowest BCUT2D eigenvalue weighted by atomic mass is 9.68. The molecular formula is C26H32O2. The Labute approximate surface area is 168 Å². The Morgan fingerprint density at radius 2 is 1.64 bits per heavy atom. The lowest BCUT2D eigenvalue weighted by Gasteiger charge is -2.37. The second-order valence-electron chi connectivity index (χ2n) is 10.6. The number of ether oxygens (including phenoxy) is 1. The first-order chi connectivity index (χ1) is 13.6. The topological polar surface area (TPSA) is 26.3 Å². The Morgan fingerprint density at radius 1 is 0.929 bits per heavy atom. The number of esters is 1. The van der Waals surface area contributed by atoms with Crippen LogP contribution in [0.1, 0.15) is 80.1 Å². The van der Waals surface area contributed by atoms with E-state index in [1.54, 1.807) is 0 Å². The van der Waals surface area contributed by atoms with E-state index in [2.05, 4.69) is 31.2 Å². The van der Waals surface area contributed by atoms with Crippen LogP contribution < -0.4 is 0 Å². The van der Waals surface area contributed by atoms with Crippen LogP contribution in [0.3, 0.4) is 0 Å². The molecule has 0 heterocycles. The molecule has 7 unspecified atom stereocenters. The van der Waals surface area contributed by atoms with E-state index >= 15 is 0 Å². The number of hydrogen-bond acceptors (Lipinski definition) is 2. The fourth-order valence-electron chi connectivity index (χ4n) is 7.95. The summed E-state index contributed by atoms with van der Waals surface area (Å²) in [5.41, 5.74) is 1.92. The second kappa shape index (κ2) is 6.21. The average Bonchev–Trinajstić information content (AvgIpc) is 3.47. The molecule has 5 aliphatic carbocycles. The molecule has 0 saturated heterocycles. The molecule has 1 aromatic carbocycles. The molecule has 4 saturated carbocycles. The first kappa shape index (κ1) is 17.3. The summed E-state index contributed by atoms with van der Waals surface area (Å²) in [6, 6.07) is 8.49. The van der Waals surface area contributed by atoms with Gasteiger partial charge in [-0.15, -0.1) is 0 Å². The van der Waals surface area contributed by atoms with Gasteiger partial charge in [-0.05, 0) is 111 Å². The van der Waals surface area contributed by atoms with E-state index in [0.717, 1.165) is 53.9 Å². The van der Waals surface area contributed by atoms with Crippen molar-refractivity contribution in [3.05, 3.63) is 47.5 Å². The fourth-order valence-corrected chi connectivity index (χ4v) is 7.95. The molecule has 0 N–H and O–H groups in total. The van der Waals surface area contributed by atoms with Crippen LogP contribution in [0.5, 0.6) is 0 Å². The third kappa shape index (κ3) is 2.56. The number of fused-ring (bicyclic) bond motifs is 9. The molecule has 1 aromatic rings. The summed E-state index contributed by atoms with van der Waals surface area (Å²) < 4.78 is 5.92. The van der Waals surface area contributed by atoms with Crippen molar-refractivity contribution in [2.75, 3.05) is 0 Å². The van der Waals surface area contributed by atoms with Gasteiger partial charge in [0, 0.05) is 0 Å². The number of benzene rings is 1. The monoisotopic (exact) mass is 376 g/mol. The van der Waals surface area contributed by atoms with Crippen LogP contribution in [0.25, 0.3) is 0 Å². The molecule has 0 amide bonds. The zero-order valence-corrected chi connectivity index (χ0v) is 17.0. The predicted molar refractivity (Wildman–Crippen MR) is 110 cm³/mol. The van der Waals surface area contributed by atoms with Gasteiger partial charge < -0.3 is 4.74 Å². The first-order valence-corrected chi connectivity index (χ1v) is 11.6. The van der Waals surface area contributed by atoms with Crippen molar-refractivity contribution in [3.8, 4) is 0 Å². The molecule has 2 heteroatoms. The van der Waals surface area contributed by atoms with Crippen molar-refractivity contribution in [1.82, 2.24) is 0 Å². The highest BCUT2D eigenvalue weighted by Gasteiger charge is 2.60. The summed E-state index contributed by atoms with van der Waals surface area (Å²) in [6.07, 6.45) is 14.9. The van der Waals surface area contributed by atoms with E-state index in [9.17, 15) is 4.79 Å². The summed E-state index contributed by atoms with van der Waals surface area (Å²) >= 11 is 0. The van der Waals surface area contributed by atoms with Crippen molar-refractivity contribution in [1.29, 1.82) is 0 Å². The van der Waals surface area contributed by atoms with Gasteiger partial charge in [-0.2, -0.15) is 0 Å². The highest BCUT2D eigenvalue weighted by Crippen LogP contribution is 2.68. The molecule has 0 aromatic heterocycles. The Kier molecular flexibility index (Phi) is 3.84. The standard InChI is InChI=1S/C26H32O2/c1-26(11-3-2-4-12-26)28-25(27)17-7-5-16(6-8-17)21-14-20-15-22(21)24-19-10-9-18(13-19)23(20)24/h5-10,18-24H,2-4,11-15H2,1H3. The van der Waals surface area contributed by atoms with Gasteiger partial charge in [0.2, 0.25) is 0 Å². The summed E-state index contributed by atoms with van der Waals surface area (Å²) in [4.78, 5) is 12.7. The Balaban J connectivity index is 1.16. The zero-order chi connectivity index (χ0) is 18.9. The summed E-state index contributed by atoms with van der Waals surface area (Å²) in [5, 5.41) is 0. The fraction of sp³-hybridized carbons (Fsp3) is 0.654. The Bertz CT molecular complexity index is 800. The van der Waals surface area contributed by atoms with Crippen molar-refractivity contribution in [3.63, 3.8) is 0 Å². The highest BCUT2D eigenvalue weighted by atomic mass is 16.6. The number of rotatable bonds is 3. The molecule has 4 bridgehead atoms. The maximum atomic E-state index is 12.7. The van der Waals surface area contributed by atoms with Crippen LogP contribution in [-0.2, 0) is 4.74 Å². The van der Waals surface area contributed by atoms with Crippen LogP contribution in [-0.4, -0.2) is 11.6 Å². The summed E-state index contributed by atoms with van der Waals surface area (Å²) in [7, 11) is 0. The van der Waals surface area contributed by atoms with Gasteiger partial charge in [-0.1, -0.05) is 30.7 Å². The van der Waals surface area contributed by atoms with Gasteiger partial charge in [-0.25, -0.2) is 4.79 Å². The van der Waals surface area contributed by atoms with Crippen molar-refractivity contribution < 1.29 is 9.53 Å². The molecule has 6 rings (SSSR count). The molecule has 28 heavy (non-hydrogen) atoms. The minimum atomic E-state index is -0.261. The molecule has 5 aliphatic rings. The maximum Gasteiger partial charge on any atom is 0.338 e. The molecular weight excluding hydrogens is 344 g/mol. The lowest BCUT2D eigenvalue weighted by Crippen LogP contribution is -2.34. The van der Waals surface area contributed by atoms with Crippen LogP contribution in [0.4, 0.5) is 0 Å². The first-order valence-electron chi connectivity index (χ1n) is 11.6. The smallest absolute Gasteiger partial charge is 0.338 e. The maximum absolute atomic E-state index is 12.7. The second-order valence-corrected chi connectivity index (χ2v) is 10.6. The summed E-state index contributed by atoms with van der Waals surface area (Å²) in [5.74, 6) is 6.06. The Morgan fingerprint density at radius 3 is 2.39 bits per heavy atom. The minimum absolute atomic E-state index is 0.137. The Hall–Kier alpha value is -1.57. The zero-order valence-electron chi connectivity index (χ0n) is 17.0. The van der Waals surface area contributed by atoms with E-state index < -0.39 is 0 Å². The number of hydrogen-bond donors (Lipinski definition) is 0. The molecule has 4 fully saturated rings. The van der Waals surface area contributed by atoms with Crippen LogP contribution in [0, 0.1) is 35.5 Å². The largest absolute Gasteiger partial charge is 0.456 e. The molecule has 0 spiro atoms. The van der Waals surface area contributed by atoms with Gasteiger partial charge in [-0.3, -0.25) is 0 Å². The van der Waals surface area contributed by atoms with Crippen molar-refractivity contribution >= 4 is 5.97 Å². The summed E-state index contributed by atoms with van der Waals surface area (Å²) in [6.45, 7) is 2.11. The highest BCUT2D eigenvalue weighted by molar-refractivity contribution is 5.89. The quantitative estimate of drug-likeness (QED) is 0.360. The predicted octanol–water partition coefficient (Wildman–Crippen LogP) is 6.13. The molecule has 0 radical (unpaired) electrons. The molecule has 148 valence electrons. The van der Waals surface area contributed by atoms with Crippen LogP contribution in [0.15, 0.2) is 36.4 Å². The molecule has 2 nitrogen and oxygen atoms in total. The number of carbonyl (C=O) groups excluding carboxylic acids is 1. The molecule has 0 aliphatic heterocycles. The van der Waals surface area contributed by atoms with Gasteiger partial charge in [0.05, 0.1) is 5.56 Å².